The van der Waals surface area contributed by atoms with Gasteiger partial charge in [0, 0.05) is 0 Å². The van der Waals surface area contributed by atoms with Gasteiger partial charge in [0.15, 0.2) is 11.6 Å². The quantitative estimate of drug-likeness (QED) is 0.816. The van der Waals surface area contributed by atoms with Gasteiger partial charge in [0.2, 0.25) is 0 Å². The molecule has 0 saturated heterocycles. The van der Waals surface area contributed by atoms with Crippen molar-refractivity contribution in [2.45, 2.75) is 6.61 Å². The van der Waals surface area contributed by atoms with E-state index < -0.39 is 5.97 Å². The third-order valence-corrected chi connectivity index (χ3v) is 2.60. The van der Waals surface area contributed by atoms with E-state index in [9.17, 15) is 4.79 Å². The van der Waals surface area contributed by atoms with Crippen LogP contribution in [0.5, 0.6) is 0 Å². The average molecular weight is 239 g/mol. The molecule has 2 N–H and O–H groups in total. The van der Waals surface area contributed by atoms with Gasteiger partial charge in [-0.05, 0) is 11.4 Å². The number of aromatic nitrogens is 3. The van der Waals surface area contributed by atoms with Gasteiger partial charge in [-0.15, -0.1) is 11.3 Å². The second-order valence-electron chi connectivity index (χ2n) is 2.97. The van der Waals surface area contributed by atoms with Gasteiger partial charge in [-0.1, -0.05) is 6.07 Å². The number of aliphatic carboxylic acids is 1. The lowest BCUT2D eigenvalue weighted by Gasteiger charge is -1.95. The molecule has 0 aliphatic rings. The molecule has 2 aromatic rings. The Hall–Kier alpha value is -1.73. The van der Waals surface area contributed by atoms with E-state index in [0.29, 0.717) is 11.6 Å². The molecule has 7 heteroatoms. The van der Waals surface area contributed by atoms with E-state index in [1.807, 2.05) is 17.5 Å². The highest BCUT2D eigenvalue weighted by atomic mass is 32.1. The minimum atomic E-state index is -1.00. The van der Waals surface area contributed by atoms with E-state index >= 15 is 0 Å². The minimum absolute atomic E-state index is 0.116. The first kappa shape index (κ1) is 10.8. The number of hydrogen-bond donors (Lipinski definition) is 2. The summed E-state index contributed by atoms with van der Waals surface area (Å²) in [5.41, 5.74) is 0. The van der Waals surface area contributed by atoms with E-state index in [0.717, 1.165) is 4.88 Å². The van der Waals surface area contributed by atoms with Gasteiger partial charge in [0.25, 0.3) is 0 Å². The lowest BCUT2D eigenvalue weighted by atomic mass is 10.4. The monoisotopic (exact) mass is 239 g/mol. The number of thiophene rings is 1. The molecule has 2 heterocycles. The number of H-pyrrole nitrogens is 1. The van der Waals surface area contributed by atoms with Gasteiger partial charge in [-0.25, -0.2) is 9.78 Å². The molecule has 0 aromatic carbocycles. The first-order valence-corrected chi connectivity index (χ1v) is 5.38. The molecule has 0 atom stereocenters. The molecule has 0 radical (unpaired) electrons. The van der Waals surface area contributed by atoms with Crippen molar-refractivity contribution in [1.82, 2.24) is 15.2 Å². The van der Waals surface area contributed by atoms with Crippen LogP contribution < -0.4 is 0 Å². The summed E-state index contributed by atoms with van der Waals surface area (Å²) < 4.78 is 4.88. The Labute approximate surface area is 94.9 Å². The summed E-state index contributed by atoms with van der Waals surface area (Å²) in [5.74, 6) is 0.117. The number of carbonyl (C=O) groups is 1. The molecule has 0 aliphatic heterocycles. The Morgan fingerprint density at radius 3 is 3.19 bits per heavy atom. The molecule has 0 amide bonds. The van der Waals surface area contributed by atoms with E-state index in [2.05, 4.69) is 15.2 Å². The van der Waals surface area contributed by atoms with Gasteiger partial charge < -0.3 is 9.84 Å². The Balaban J connectivity index is 1.95. The largest absolute Gasteiger partial charge is 0.480 e. The highest BCUT2D eigenvalue weighted by Crippen LogP contribution is 2.20. The molecule has 0 spiro atoms. The van der Waals surface area contributed by atoms with Gasteiger partial charge in [-0.2, -0.15) is 5.10 Å². The third kappa shape index (κ3) is 2.65. The van der Waals surface area contributed by atoms with Crippen LogP contribution in [0.25, 0.3) is 10.7 Å². The lowest BCUT2D eigenvalue weighted by Crippen LogP contribution is -2.07. The fourth-order valence-electron chi connectivity index (χ4n) is 1.11. The fraction of sp³-hybridized carbons (Fsp3) is 0.222. The van der Waals surface area contributed by atoms with Gasteiger partial charge in [0.05, 0.1) is 4.88 Å². The van der Waals surface area contributed by atoms with Crippen molar-refractivity contribution >= 4 is 17.3 Å². The number of carboxylic acid groups (broad SMARTS) is 1. The predicted molar refractivity (Wildman–Crippen MR) is 57.0 cm³/mol. The van der Waals surface area contributed by atoms with Gasteiger partial charge in [0.1, 0.15) is 13.2 Å². The SMILES string of the molecule is O=C(O)COCc1nc(-c2cccs2)n[nH]1. The Morgan fingerprint density at radius 1 is 1.62 bits per heavy atom. The summed E-state index contributed by atoms with van der Waals surface area (Å²) >= 11 is 1.54. The number of rotatable bonds is 5. The molecule has 0 fully saturated rings. The zero-order chi connectivity index (χ0) is 11.4. The second-order valence-corrected chi connectivity index (χ2v) is 3.92. The predicted octanol–water partition coefficient (Wildman–Crippen LogP) is 1.13. The van der Waals surface area contributed by atoms with Crippen molar-refractivity contribution in [1.29, 1.82) is 0 Å². The van der Waals surface area contributed by atoms with Crippen LogP contribution in [-0.2, 0) is 16.1 Å². The van der Waals surface area contributed by atoms with Gasteiger partial charge in [-0.3, -0.25) is 5.10 Å². The Kier molecular flexibility index (Phi) is 3.28. The van der Waals surface area contributed by atoms with E-state index in [-0.39, 0.29) is 13.2 Å². The number of nitrogens with zero attached hydrogens (tertiary/aromatic N) is 2. The maximum absolute atomic E-state index is 10.2. The van der Waals surface area contributed by atoms with Crippen LogP contribution in [-0.4, -0.2) is 32.9 Å². The molecule has 84 valence electrons. The highest BCUT2D eigenvalue weighted by molar-refractivity contribution is 7.13. The number of aromatic amines is 1. The summed E-state index contributed by atoms with van der Waals surface area (Å²) in [4.78, 5) is 15.3. The van der Waals surface area contributed by atoms with E-state index in [4.69, 9.17) is 9.84 Å². The van der Waals surface area contributed by atoms with E-state index in [1.165, 1.54) is 11.3 Å². The first-order valence-electron chi connectivity index (χ1n) is 4.50. The average Bonchev–Trinajstić information content (AvgIpc) is 2.85. The lowest BCUT2D eigenvalue weighted by molar-refractivity contribution is -0.142. The van der Waals surface area contributed by atoms with Crippen LogP contribution in [0, 0.1) is 0 Å². The van der Waals surface area contributed by atoms with Crippen LogP contribution in [0.3, 0.4) is 0 Å². The fourth-order valence-corrected chi connectivity index (χ4v) is 1.77. The van der Waals surface area contributed by atoms with Gasteiger partial charge >= 0.3 is 5.97 Å². The molecular formula is C9H9N3O3S. The maximum Gasteiger partial charge on any atom is 0.329 e. The molecule has 0 unspecified atom stereocenters. The molecule has 6 nitrogen and oxygen atoms in total. The molecule has 2 rings (SSSR count). The minimum Gasteiger partial charge on any atom is -0.480 e. The normalized spacial score (nSPS) is 10.5. The van der Waals surface area contributed by atoms with Crippen molar-refractivity contribution in [3.05, 3.63) is 23.3 Å². The molecule has 16 heavy (non-hydrogen) atoms. The van der Waals surface area contributed by atoms with Crippen molar-refractivity contribution in [3.8, 4) is 10.7 Å². The standard InChI is InChI=1S/C9H9N3O3S/c13-8(14)5-15-4-7-10-9(12-11-7)6-2-1-3-16-6/h1-3H,4-5H2,(H,13,14)(H,10,11,12). The van der Waals surface area contributed by atoms with E-state index in [1.54, 1.807) is 0 Å². The smallest absolute Gasteiger partial charge is 0.329 e. The van der Waals surface area contributed by atoms with Crippen molar-refractivity contribution in [2.75, 3.05) is 6.61 Å². The third-order valence-electron chi connectivity index (χ3n) is 1.74. The number of nitrogens with one attached hydrogen (secondary N) is 1. The molecule has 0 bridgehead atoms. The Morgan fingerprint density at radius 2 is 2.50 bits per heavy atom. The van der Waals surface area contributed by atoms with Crippen LogP contribution in [0.1, 0.15) is 5.82 Å². The summed E-state index contributed by atoms with van der Waals surface area (Å²) in [7, 11) is 0. The van der Waals surface area contributed by atoms with Crippen LogP contribution in [0.15, 0.2) is 17.5 Å². The van der Waals surface area contributed by atoms with Crippen molar-refractivity contribution < 1.29 is 14.6 Å². The Bertz CT molecular complexity index is 466. The zero-order valence-electron chi connectivity index (χ0n) is 8.21. The molecule has 0 saturated carbocycles. The molecular weight excluding hydrogens is 230 g/mol. The number of hydrogen-bond acceptors (Lipinski definition) is 5. The second kappa shape index (κ2) is 4.86. The number of carboxylic acids is 1. The summed E-state index contributed by atoms with van der Waals surface area (Å²) in [6.45, 7) is -0.223. The topological polar surface area (TPSA) is 88.1 Å². The molecule has 2 aromatic heterocycles. The van der Waals surface area contributed by atoms with Crippen molar-refractivity contribution in [3.63, 3.8) is 0 Å². The summed E-state index contributed by atoms with van der Waals surface area (Å²) in [5, 5.41) is 17.0. The van der Waals surface area contributed by atoms with Crippen LogP contribution >= 0.6 is 11.3 Å². The number of ether oxygens (including phenoxy) is 1. The highest BCUT2D eigenvalue weighted by Gasteiger charge is 2.07. The molecule has 0 aliphatic carbocycles. The maximum atomic E-state index is 10.2. The first-order chi connectivity index (χ1) is 7.75. The zero-order valence-corrected chi connectivity index (χ0v) is 9.03. The summed E-state index contributed by atoms with van der Waals surface area (Å²) in [6.07, 6.45) is 0. The van der Waals surface area contributed by atoms with Crippen LogP contribution in [0.2, 0.25) is 0 Å². The van der Waals surface area contributed by atoms with Crippen molar-refractivity contribution in [2.24, 2.45) is 0 Å². The van der Waals surface area contributed by atoms with Crippen LogP contribution in [0.4, 0.5) is 0 Å². The summed E-state index contributed by atoms with van der Waals surface area (Å²) in [6, 6.07) is 3.83.